The van der Waals surface area contributed by atoms with E-state index in [-0.39, 0.29) is 24.0 Å². The number of carbonyl (C=O) groups excluding carboxylic acids is 2. The van der Waals surface area contributed by atoms with Crippen molar-refractivity contribution >= 4 is 17.5 Å². The lowest BCUT2D eigenvalue weighted by Crippen LogP contribution is -2.24. The number of phenolic OH excluding ortho intramolecular Hbond substituents is 1. The van der Waals surface area contributed by atoms with Crippen molar-refractivity contribution in [3.8, 4) is 11.5 Å². The van der Waals surface area contributed by atoms with Crippen molar-refractivity contribution in [1.29, 1.82) is 0 Å². The number of nitrogens with one attached hydrogen (secondary N) is 2. The zero-order valence-corrected chi connectivity index (χ0v) is 16.7. The Morgan fingerprint density at radius 2 is 1.70 bits per heavy atom. The molecule has 0 radical (unpaired) electrons. The molecule has 0 aliphatic heterocycles. The van der Waals surface area contributed by atoms with E-state index < -0.39 is 0 Å². The number of amides is 2. The van der Waals surface area contributed by atoms with Crippen LogP contribution in [0.4, 0.5) is 5.69 Å². The van der Waals surface area contributed by atoms with Crippen LogP contribution in [-0.4, -0.2) is 23.5 Å². The minimum Gasteiger partial charge on any atom is -0.508 e. The average molecular weight is 404 g/mol. The second-order valence-corrected chi connectivity index (χ2v) is 6.84. The summed E-state index contributed by atoms with van der Waals surface area (Å²) in [6, 6.07) is 21.2. The van der Waals surface area contributed by atoms with Gasteiger partial charge in [-0.25, -0.2) is 0 Å². The molecule has 0 fully saturated rings. The summed E-state index contributed by atoms with van der Waals surface area (Å²) in [5.41, 5.74) is 2.82. The Labute approximate surface area is 175 Å². The zero-order valence-electron chi connectivity index (χ0n) is 16.7. The van der Waals surface area contributed by atoms with Gasteiger partial charge in [-0.3, -0.25) is 9.59 Å². The third-order valence-electron chi connectivity index (χ3n) is 4.51. The molecular formula is C24H24N2O4. The van der Waals surface area contributed by atoms with Crippen molar-refractivity contribution in [2.24, 2.45) is 0 Å². The number of anilines is 1. The monoisotopic (exact) mass is 404 g/mol. The lowest BCUT2D eigenvalue weighted by atomic mass is 10.1. The van der Waals surface area contributed by atoms with Gasteiger partial charge in [-0.2, -0.15) is 0 Å². The normalized spacial score (nSPS) is 10.3. The number of hydrogen-bond acceptors (Lipinski definition) is 4. The maximum Gasteiger partial charge on any atom is 0.255 e. The Kier molecular flexibility index (Phi) is 7.05. The van der Waals surface area contributed by atoms with Gasteiger partial charge in [0.25, 0.3) is 5.91 Å². The fourth-order valence-electron chi connectivity index (χ4n) is 2.82. The molecule has 0 heterocycles. The van der Waals surface area contributed by atoms with Gasteiger partial charge < -0.3 is 20.5 Å². The summed E-state index contributed by atoms with van der Waals surface area (Å²) in [6.07, 6.45) is 0.265. The largest absolute Gasteiger partial charge is 0.508 e. The van der Waals surface area contributed by atoms with Crippen molar-refractivity contribution in [3.63, 3.8) is 0 Å². The third kappa shape index (κ3) is 6.10. The predicted octanol–water partition coefficient (Wildman–Crippen LogP) is 4.04. The molecule has 3 aromatic carbocycles. The van der Waals surface area contributed by atoms with Crippen molar-refractivity contribution in [1.82, 2.24) is 5.32 Å². The predicted molar refractivity (Wildman–Crippen MR) is 116 cm³/mol. The van der Waals surface area contributed by atoms with Crippen LogP contribution in [0, 0.1) is 6.92 Å². The molecule has 6 heteroatoms. The molecule has 154 valence electrons. The van der Waals surface area contributed by atoms with Crippen molar-refractivity contribution in [2.75, 3.05) is 11.9 Å². The number of benzene rings is 3. The van der Waals surface area contributed by atoms with Crippen molar-refractivity contribution in [2.45, 2.75) is 19.9 Å². The van der Waals surface area contributed by atoms with E-state index in [0.29, 0.717) is 24.4 Å². The Morgan fingerprint density at radius 1 is 0.967 bits per heavy atom. The number of hydrogen-bond donors (Lipinski definition) is 3. The molecule has 0 atom stereocenters. The van der Waals surface area contributed by atoms with Crippen LogP contribution in [0.3, 0.4) is 0 Å². The highest BCUT2D eigenvalue weighted by Gasteiger charge is 2.09. The highest BCUT2D eigenvalue weighted by Crippen LogP contribution is 2.21. The van der Waals surface area contributed by atoms with E-state index in [1.807, 2.05) is 37.3 Å². The van der Waals surface area contributed by atoms with Crippen LogP contribution >= 0.6 is 0 Å². The van der Waals surface area contributed by atoms with Crippen LogP contribution in [0.1, 0.15) is 27.9 Å². The van der Waals surface area contributed by atoms with E-state index in [4.69, 9.17) is 4.74 Å². The van der Waals surface area contributed by atoms with Gasteiger partial charge in [0.05, 0.1) is 13.0 Å². The summed E-state index contributed by atoms with van der Waals surface area (Å²) < 4.78 is 5.52. The zero-order chi connectivity index (χ0) is 21.3. The van der Waals surface area contributed by atoms with Crippen LogP contribution < -0.4 is 15.4 Å². The molecule has 30 heavy (non-hydrogen) atoms. The molecule has 6 nitrogen and oxygen atoms in total. The molecule has 0 bridgehead atoms. The number of aryl methyl sites for hydroxylation is 1. The van der Waals surface area contributed by atoms with Crippen LogP contribution in [0.2, 0.25) is 0 Å². The minimum absolute atomic E-state index is 0.101. The van der Waals surface area contributed by atoms with E-state index in [2.05, 4.69) is 10.6 Å². The lowest BCUT2D eigenvalue weighted by molar-refractivity contribution is -0.121. The van der Waals surface area contributed by atoms with Gasteiger partial charge in [-0.05, 0) is 60.5 Å². The molecule has 3 aromatic rings. The van der Waals surface area contributed by atoms with E-state index >= 15 is 0 Å². The highest BCUT2D eigenvalue weighted by molar-refractivity contribution is 6.04. The first-order chi connectivity index (χ1) is 14.5. The fourth-order valence-corrected chi connectivity index (χ4v) is 2.82. The number of ether oxygens (including phenoxy) is 1. The van der Waals surface area contributed by atoms with Gasteiger partial charge in [0, 0.05) is 17.8 Å². The molecule has 0 saturated carbocycles. The quantitative estimate of drug-likeness (QED) is 0.495. The van der Waals surface area contributed by atoms with E-state index in [1.54, 1.807) is 36.4 Å². The van der Waals surface area contributed by atoms with Crippen LogP contribution in [0.25, 0.3) is 0 Å². The van der Waals surface area contributed by atoms with E-state index in [9.17, 15) is 14.7 Å². The maximum atomic E-state index is 12.4. The van der Waals surface area contributed by atoms with Crippen LogP contribution in [0.15, 0.2) is 72.8 Å². The second-order valence-electron chi connectivity index (χ2n) is 6.84. The summed E-state index contributed by atoms with van der Waals surface area (Å²) in [6.45, 7) is 2.50. The van der Waals surface area contributed by atoms with E-state index in [1.165, 1.54) is 6.07 Å². The van der Waals surface area contributed by atoms with E-state index in [0.717, 1.165) is 16.9 Å². The van der Waals surface area contributed by atoms with Crippen LogP contribution in [0.5, 0.6) is 11.5 Å². The Balaban J connectivity index is 1.44. The summed E-state index contributed by atoms with van der Waals surface area (Å²) >= 11 is 0. The molecule has 2 amide bonds. The summed E-state index contributed by atoms with van der Waals surface area (Å²) in [5, 5.41) is 15.1. The summed E-state index contributed by atoms with van der Waals surface area (Å²) in [4.78, 5) is 24.4. The number of rotatable bonds is 8. The number of carbonyl (C=O) groups is 2. The first-order valence-electron chi connectivity index (χ1n) is 9.66. The first kappa shape index (κ1) is 20.9. The van der Waals surface area contributed by atoms with Crippen molar-refractivity contribution in [3.05, 3.63) is 89.5 Å². The van der Waals surface area contributed by atoms with Gasteiger partial charge >= 0.3 is 0 Å². The SMILES string of the molecule is Cc1cc(O)ccc1NC(=O)c1ccc(CNC(=O)CCOc2ccccc2)cc1. The maximum absolute atomic E-state index is 12.4. The number of phenols is 1. The highest BCUT2D eigenvalue weighted by atomic mass is 16.5. The van der Waals surface area contributed by atoms with Gasteiger partial charge in [-0.1, -0.05) is 30.3 Å². The number of para-hydroxylation sites is 1. The number of aromatic hydroxyl groups is 1. The molecule has 0 spiro atoms. The Bertz CT molecular complexity index is 1000. The standard InChI is InChI=1S/C24H24N2O4/c1-17-15-20(27)11-12-22(17)26-24(29)19-9-7-18(8-10-19)16-25-23(28)13-14-30-21-5-3-2-4-6-21/h2-12,15,27H,13-14,16H2,1H3,(H,25,28)(H,26,29). The van der Waals surface area contributed by atoms with Gasteiger partial charge in [0.2, 0.25) is 5.91 Å². The Morgan fingerprint density at radius 3 is 2.40 bits per heavy atom. The molecular weight excluding hydrogens is 380 g/mol. The Hall–Kier alpha value is -3.80. The first-order valence-corrected chi connectivity index (χ1v) is 9.66. The smallest absolute Gasteiger partial charge is 0.255 e. The second kappa shape index (κ2) is 10.1. The van der Waals surface area contributed by atoms with Gasteiger partial charge in [0.1, 0.15) is 11.5 Å². The molecule has 0 unspecified atom stereocenters. The molecule has 3 N–H and O–H groups in total. The molecule has 0 aliphatic rings. The lowest BCUT2D eigenvalue weighted by Gasteiger charge is -2.10. The van der Waals surface area contributed by atoms with Crippen LogP contribution in [-0.2, 0) is 11.3 Å². The molecule has 3 rings (SSSR count). The topological polar surface area (TPSA) is 87.7 Å². The fraction of sp³-hybridized carbons (Fsp3) is 0.167. The third-order valence-corrected chi connectivity index (χ3v) is 4.51. The van der Waals surface area contributed by atoms with Crippen molar-refractivity contribution < 1.29 is 19.4 Å². The van der Waals surface area contributed by atoms with Gasteiger partial charge in [-0.15, -0.1) is 0 Å². The molecule has 0 aromatic heterocycles. The molecule has 0 saturated heterocycles. The average Bonchev–Trinajstić information content (AvgIpc) is 2.75. The summed E-state index contributed by atoms with van der Waals surface area (Å²) in [5.74, 6) is 0.554. The summed E-state index contributed by atoms with van der Waals surface area (Å²) in [7, 11) is 0. The molecule has 0 aliphatic carbocycles. The minimum atomic E-state index is -0.238. The van der Waals surface area contributed by atoms with Gasteiger partial charge in [0.15, 0.2) is 0 Å².